The summed E-state index contributed by atoms with van der Waals surface area (Å²) in [5.41, 5.74) is 9.17. The first-order valence-corrected chi connectivity index (χ1v) is 6.51. The molecular formula is C15H12N6. The van der Waals surface area contributed by atoms with Gasteiger partial charge in [-0.1, -0.05) is 0 Å². The predicted octanol–water partition coefficient (Wildman–Crippen LogP) is 1.36. The van der Waals surface area contributed by atoms with Gasteiger partial charge >= 0.3 is 0 Å². The SMILES string of the molecule is N#Cc1ccc(N2CCc3nc(N)c(C#N)nc3C2)cc1. The summed E-state index contributed by atoms with van der Waals surface area (Å²) in [4.78, 5) is 10.7. The predicted molar refractivity (Wildman–Crippen MR) is 77.1 cm³/mol. The summed E-state index contributed by atoms with van der Waals surface area (Å²) < 4.78 is 0. The second-order valence-electron chi connectivity index (χ2n) is 4.79. The van der Waals surface area contributed by atoms with E-state index >= 15 is 0 Å². The first-order chi connectivity index (χ1) is 10.2. The third-order valence-electron chi connectivity index (χ3n) is 3.50. The molecule has 0 radical (unpaired) electrons. The van der Waals surface area contributed by atoms with Gasteiger partial charge in [-0.15, -0.1) is 0 Å². The van der Waals surface area contributed by atoms with E-state index in [-0.39, 0.29) is 11.5 Å². The maximum absolute atomic E-state index is 8.98. The molecule has 6 heteroatoms. The smallest absolute Gasteiger partial charge is 0.183 e. The van der Waals surface area contributed by atoms with Crippen molar-refractivity contribution in [2.75, 3.05) is 17.2 Å². The number of aromatic nitrogens is 2. The third-order valence-corrected chi connectivity index (χ3v) is 3.50. The van der Waals surface area contributed by atoms with Crippen molar-refractivity contribution in [2.45, 2.75) is 13.0 Å². The number of nitriles is 2. The Morgan fingerprint density at radius 2 is 1.81 bits per heavy atom. The second kappa shape index (κ2) is 5.10. The van der Waals surface area contributed by atoms with Crippen LogP contribution in [0.5, 0.6) is 0 Å². The summed E-state index contributed by atoms with van der Waals surface area (Å²) in [5.74, 6) is 0.197. The molecule has 2 N–H and O–H groups in total. The highest BCUT2D eigenvalue weighted by molar-refractivity contribution is 5.52. The molecule has 0 saturated heterocycles. The van der Waals surface area contributed by atoms with E-state index in [0.717, 1.165) is 30.0 Å². The number of nitrogens with two attached hydrogens (primary N) is 1. The second-order valence-corrected chi connectivity index (χ2v) is 4.79. The van der Waals surface area contributed by atoms with Gasteiger partial charge in [0.05, 0.1) is 29.6 Å². The number of nitrogens with zero attached hydrogens (tertiary/aromatic N) is 5. The molecule has 1 aromatic carbocycles. The molecule has 0 saturated carbocycles. The number of benzene rings is 1. The largest absolute Gasteiger partial charge is 0.381 e. The molecule has 2 heterocycles. The molecule has 1 aliphatic rings. The van der Waals surface area contributed by atoms with Gasteiger partial charge in [-0.2, -0.15) is 10.5 Å². The van der Waals surface area contributed by atoms with Gasteiger partial charge in [0, 0.05) is 18.7 Å². The van der Waals surface area contributed by atoms with Gasteiger partial charge in [-0.3, -0.25) is 0 Å². The number of hydrogen-bond acceptors (Lipinski definition) is 6. The van der Waals surface area contributed by atoms with Gasteiger partial charge in [0.25, 0.3) is 0 Å². The van der Waals surface area contributed by atoms with Gasteiger partial charge in [-0.05, 0) is 24.3 Å². The van der Waals surface area contributed by atoms with Crippen molar-refractivity contribution in [1.82, 2.24) is 9.97 Å². The molecular weight excluding hydrogens is 264 g/mol. The van der Waals surface area contributed by atoms with Crippen LogP contribution in [-0.4, -0.2) is 16.5 Å². The summed E-state index contributed by atoms with van der Waals surface area (Å²) in [6, 6.07) is 11.5. The van der Waals surface area contributed by atoms with Crippen LogP contribution in [0.3, 0.4) is 0 Å². The number of nitrogen functional groups attached to an aromatic ring is 1. The molecule has 1 aromatic heterocycles. The Morgan fingerprint density at radius 1 is 1.05 bits per heavy atom. The summed E-state index contributed by atoms with van der Waals surface area (Å²) in [6.07, 6.45) is 0.734. The fourth-order valence-corrected chi connectivity index (χ4v) is 2.40. The highest BCUT2D eigenvalue weighted by atomic mass is 15.2. The van der Waals surface area contributed by atoms with Crippen molar-refractivity contribution in [3.05, 3.63) is 46.9 Å². The Hall–Kier alpha value is -3.12. The van der Waals surface area contributed by atoms with Crippen LogP contribution in [0.1, 0.15) is 22.6 Å². The van der Waals surface area contributed by atoms with Crippen LogP contribution in [0.25, 0.3) is 0 Å². The Morgan fingerprint density at radius 3 is 2.48 bits per heavy atom. The van der Waals surface area contributed by atoms with E-state index in [4.69, 9.17) is 16.3 Å². The van der Waals surface area contributed by atoms with Crippen molar-refractivity contribution in [3.63, 3.8) is 0 Å². The summed E-state index contributed by atoms with van der Waals surface area (Å²) in [6.45, 7) is 1.39. The average molecular weight is 276 g/mol. The Bertz CT molecular complexity index is 766. The standard InChI is InChI=1S/C15H12N6/c16-7-10-1-3-11(4-2-10)21-6-5-12-14(9-21)19-13(8-17)15(18)20-12/h1-4H,5-6,9H2,(H2,18,20). The van der Waals surface area contributed by atoms with E-state index in [9.17, 15) is 0 Å². The van der Waals surface area contributed by atoms with Crippen molar-refractivity contribution < 1.29 is 0 Å². The third kappa shape index (κ3) is 2.35. The molecule has 102 valence electrons. The number of anilines is 2. The number of fused-ring (bicyclic) bond motifs is 1. The minimum absolute atomic E-state index is 0.176. The lowest BCUT2D eigenvalue weighted by Gasteiger charge is -2.29. The lowest BCUT2D eigenvalue weighted by atomic mass is 10.1. The van der Waals surface area contributed by atoms with Gasteiger partial charge in [0.15, 0.2) is 11.5 Å². The minimum atomic E-state index is 0.176. The zero-order valence-electron chi connectivity index (χ0n) is 11.2. The average Bonchev–Trinajstić information content (AvgIpc) is 2.54. The van der Waals surface area contributed by atoms with Crippen LogP contribution in [-0.2, 0) is 13.0 Å². The molecule has 21 heavy (non-hydrogen) atoms. The molecule has 0 aliphatic carbocycles. The van der Waals surface area contributed by atoms with E-state index in [0.29, 0.717) is 12.1 Å². The summed E-state index contributed by atoms with van der Waals surface area (Å²) >= 11 is 0. The molecule has 3 rings (SSSR count). The zero-order valence-corrected chi connectivity index (χ0v) is 11.2. The van der Waals surface area contributed by atoms with E-state index in [1.165, 1.54) is 0 Å². The van der Waals surface area contributed by atoms with E-state index in [2.05, 4.69) is 20.9 Å². The number of rotatable bonds is 1. The fourth-order valence-electron chi connectivity index (χ4n) is 2.40. The van der Waals surface area contributed by atoms with Crippen LogP contribution in [0, 0.1) is 22.7 Å². The maximum atomic E-state index is 8.98. The first kappa shape index (κ1) is 12.9. The summed E-state index contributed by atoms with van der Waals surface area (Å²) in [7, 11) is 0. The maximum Gasteiger partial charge on any atom is 0.183 e. The van der Waals surface area contributed by atoms with E-state index in [1.807, 2.05) is 18.2 Å². The monoisotopic (exact) mass is 276 g/mol. The molecule has 0 spiro atoms. The van der Waals surface area contributed by atoms with Gasteiger partial charge < -0.3 is 10.6 Å². The molecule has 0 amide bonds. The lowest BCUT2D eigenvalue weighted by molar-refractivity contribution is 0.690. The van der Waals surface area contributed by atoms with Gasteiger partial charge in [-0.25, -0.2) is 9.97 Å². The first-order valence-electron chi connectivity index (χ1n) is 6.51. The van der Waals surface area contributed by atoms with Gasteiger partial charge in [0.1, 0.15) is 6.07 Å². The van der Waals surface area contributed by atoms with Crippen molar-refractivity contribution in [3.8, 4) is 12.1 Å². The van der Waals surface area contributed by atoms with Crippen LogP contribution < -0.4 is 10.6 Å². The zero-order chi connectivity index (χ0) is 14.8. The topological polar surface area (TPSA) is 103 Å². The number of hydrogen-bond donors (Lipinski definition) is 1. The highest BCUT2D eigenvalue weighted by Crippen LogP contribution is 2.24. The van der Waals surface area contributed by atoms with Crippen molar-refractivity contribution >= 4 is 11.5 Å². The Balaban J connectivity index is 1.90. The molecule has 6 nitrogen and oxygen atoms in total. The van der Waals surface area contributed by atoms with Crippen LogP contribution in [0.15, 0.2) is 24.3 Å². The lowest BCUT2D eigenvalue weighted by Crippen LogP contribution is -2.32. The van der Waals surface area contributed by atoms with E-state index < -0.39 is 0 Å². The molecule has 0 unspecified atom stereocenters. The van der Waals surface area contributed by atoms with Gasteiger partial charge in [0.2, 0.25) is 0 Å². The van der Waals surface area contributed by atoms with E-state index in [1.54, 1.807) is 12.1 Å². The molecule has 0 atom stereocenters. The molecule has 0 fully saturated rings. The molecule has 1 aliphatic heterocycles. The normalized spacial score (nSPS) is 13.1. The Labute approximate surface area is 122 Å². The highest BCUT2D eigenvalue weighted by Gasteiger charge is 2.21. The molecule has 2 aromatic rings. The minimum Gasteiger partial charge on any atom is -0.381 e. The van der Waals surface area contributed by atoms with Crippen LogP contribution in [0.4, 0.5) is 11.5 Å². The van der Waals surface area contributed by atoms with Crippen molar-refractivity contribution in [2.24, 2.45) is 0 Å². The van der Waals surface area contributed by atoms with Crippen LogP contribution >= 0.6 is 0 Å². The van der Waals surface area contributed by atoms with Crippen molar-refractivity contribution in [1.29, 1.82) is 10.5 Å². The van der Waals surface area contributed by atoms with Crippen LogP contribution in [0.2, 0.25) is 0 Å². The molecule has 0 bridgehead atoms. The fraction of sp³-hybridized carbons (Fsp3) is 0.200. The summed E-state index contributed by atoms with van der Waals surface area (Å²) in [5, 5.41) is 17.8. The quantitative estimate of drug-likeness (QED) is 0.843. The Kier molecular flexibility index (Phi) is 3.13.